The number of pyridine rings is 1. The number of benzene rings is 3. The Morgan fingerprint density at radius 3 is 2.50 bits per heavy atom. The number of aromatic nitrogens is 4. The Hall–Kier alpha value is -4.35. The van der Waals surface area contributed by atoms with Gasteiger partial charge in [0, 0.05) is 36.2 Å². The average molecular weight is 608 g/mol. The van der Waals surface area contributed by atoms with E-state index in [-0.39, 0.29) is 30.6 Å². The minimum Gasteiger partial charge on any atom is -0.392 e. The summed E-state index contributed by atoms with van der Waals surface area (Å²) in [6.07, 6.45) is 3.81. The molecule has 0 unspecified atom stereocenters. The highest BCUT2D eigenvalue weighted by Gasteiger charge is 2.38. The summed E-state index contributed by atoms with van der Waals surface area (Å²) in [5.74, 6) is 0.577. The molecule has 1 aliphatic heterocycles. The lowest BCUT2D eigenvalue weighted by atomic mass is 9.91. The van der Waals surface area contributed by atoms with Crippen LogP contribution in [0.4, 0.5) is 0 Å². The third kappa shape index (κ3) is 6.89. The lowest BCUT2D eigenvalue weighted by molar-refractivity contribution is -0.268. The second-order valence-corrected chi connectivity index (χ2v) is 11.6. The number of aliphatic hydroxyl groups excluding tert-OH is 1. The number of hydrogen-bond donors (Lipinski definition) is 3. The lowest BCUT2D eigenvalue weighted by Gasteiger charge is -2.41. The molecule has 0 aliphatic carbocycles. The first-order valence-corrected chi connectivity index (χ1v) is 15.4. The summed E-state index contributed by atoms with van der Waals surface area (Å²) in [6, 6.07) is 27.6. The Bertz CT molecular complexity index is 1650. The van der Waals surface area contributed by atoms with Crippen LogP contribution in [-0.2, 0) is 22.6 Å². The van der Waals surface area contributed by atoms with Gasteiger partial charge in [-0.2, -0.15) is 5.10 Å². The molecule has 9 nitrogen and oxygen atoms in total. The number of thioether (sulfide) groups is 1. The third-order valence-electron chi connectivity index (χ3n) is 7.77. The number of aliphatic hydroxyl groups is 1. The van der Waals surface area contributed by atoms with E-state index in [0.717, 1.165) is 38.5 Å². The molecule has 0 saturated carbocycles. The van der Waals surface area contributed by atoms with Gasteiger partial charge in [0.2, 0.25) is 0 Å². The molecule has 3 aromatic carbocycles. The molecule has 6 rings (SSSR count). The summed E-state index contributed by atoms with van der Waals surface area (Å²) in [5, 5.41) is 20.1. The Labute approximate surface area is 260 Å². The summed E-state index contributed by atoms with van der Waals surface area (Å²) < 4.78 is 13.2. The molecule has 10 heteroatoms. The van der Waals surface area contributed by atoms with Gasteiger partial charge in [-0.15, -0.1) is 0 Å². The normalized spacial score (nSPS) is 19.9. The maximum atomic E-state index is 12.6. The lowest BCUT2D eigenvalue weighted by Crippen LogP contribution is -2.38. The van der Waals surface area contributed by atoms with Crippen LogP contribution >= 0.6 is 11.8 Å². The topological polar surface area (TPSA) is 122 Å². The van der Waals surface area contributed by atoms with Crippen LogP contribution in [0.15, 0.2) is 109 Å². The Morgan fingerprint density at radius 2 is 1.77 bits per heavy atom. The van der Waals surface area contributed by atoms with Crippen LogP contribution in [0.3, 0.4) is 0 Å². The van der Waals surface area contributed by atoms with E-state index in [4.69, 9.17) is 9.47 Å². The highest BCUT2D eigenvalue weighted by molar-refractivity contribution is 7.99. The predicted molar refractivity (Wildman–Crippen MR) is 167 cm³/mol. The molecule has 1 saturated heterocycles. The number of aromatic amines is 1. The molecule has 5 aromatic rings. The van der Waals surface area contributed by atoms with E-state index < -0.39 is 6.29 Å². The molecule has 1 amide bonds. The van der Waals surface area contributed by atoms with Gasteiger partial charge in [0.1, 0.15) is 6.33 Å². The van der Waals surface area contributed by atoms with Gasteiger partial charge in [0.15, 0.2) is 11.4 Å². The van der Waals surface area contributed by atoms with Crippen molar-refractivity contribution in [1.29, 1.82) is 0 Å². The fraction of sp³-hybridized carbons (Fsp3) is 0.235. The van der Waals surface area contributed by atoms with Gasteiger partial charge in [-0.3, -0.25) is 14.9 Å². The summed E-state index contributed by atoms with van der Waals surface area (Å²) >= 11 is 1.57. The SMILES string of the molecule is C[C@@H]1[C@H](CSc2ncn[nH]2)O[C@H](c2ccc(-c3ccccc3CNC(=O)c3cccnc3)cc2)O[C@@H]1c1ccc(CO)cc1. The van der Waals surface area contributed by atoms with Crippen molar-refractivity contribution in [2.24, 2.45) is 5.92 Å². The third-order valence-corrected chi connectivity index (χ3v) is 8.74. The molecule has 3 heterocycles. The first kappa shape index (κ1) is 29.7. The zero-order valence-electron chi connectivity index (χ0n) is 24.2. The average Bonchev–Trinajstić information content (AvgIpc) is 3.61. The number of carbonyl (C=O) groups is 1. The van der Waals surface area contributed by atoms with E-state index in [1.54, 1.807) is 36.3 Å². The smallest absolute Gasteiger partial charge is 0.253 e. The second kappa shape index (κ2) is 14.0. The van der Waals surface area contributed by atoms with Crippen molar-refractivity contribution in [3.63, 3.8) is 0 Å². The van der Waals surface area contributed by atoms with E-state index in [2.05, 4.69) is 50.6 Å². The number of carbonyl (C=O) groups excluding carboxylic acids is 1. The zero-order chi connectivity index (χ0) is 30.3. The molecule has 1 fully saturated rings. The molecule has 0 radical (unpaired) electrons. The molecule has 3 N–H and O–H groups in total. The van der Waals surface area contributed by atoms with Gasteiger partial charge in [0.05, 0.1) is 24.4 Å². The second-order valence-electron chi connectivity index (χ2n) is 10.6. The largest absolute Gasteiger partial charge is 0.392 e. The van der Waals surface area contributed by atoms with Crippen LogP contribution in [0.2, 0.25) is 0 Å². The number of nitrogens with one attached hydrogen (secondary N) is 2. The quantitative estimate of drug-likeness (QED) is 0.169. The van der Waals surface area contributed by atoms with Gasteiger partial charge in [-0.05, 0) is 39.9 Å². The maximum absolute atomic E-state index is 12.6. The highest BCUT2D eigenvalue weighted by atomic mass is 32.2. The summed E-state index contributed by atoms with van der Waals surface area (Å²) in [6.45, 7) is 2.52. The van der Waals surface area contributed by atoms with Crippen molar-refractivity contribution < 1.29 is 19.4 Å². The van der Waals surface area contributed by atoms with E-state index in [1.807, 2.05) is 54.6 Å². The van der Waals surface area contributed by atoms with Crippen molar-refractivity contribution >= 4 is 17.7 Å². The van der Waals surface area contributed by atoms with E-state index in [9.17, 15) is 9.90 Å². The number of hydrogen-bond acceptors (Lipinski definition) is 8. The first-order valence-electron chi connectivity index (χ1n) is 14.4. The zero-order valence-corrected chi connectivity index (χ0v) is 25.0. The summed E-state index contributed by atoms with van der Waals surface area (Å²) in [7, 11) is 0. The molecule has 0 bridgehead atoms. The van der Waals surface area contributed by atoms with E-state index in [1.165, 1.54) is 6.33 Å². The monoisotopic (exact) mass is 607 g/mol. The van der Waals surface area contributed by atoms with Crippen molar-refractivity contribution in [3.8, 4) is 11.1 Å². The molecule has 4 atom stereocenters. The van der Waals surface area contributed by atoms with Gasteiger partial charge >= 0.3 is 0 Å². The molecule has 0 spiro atoms. The fourth-order valence-electron chi connectivity index (χ4n) is 5.29. The molecular formula is C34H33N5O4S. The predicted octanol–water partition coefficient (Wildman–Crippen LogP) is 5.87. The first-order chi connectivity index (χ1) is 21.6. The minimum atomic E-state index is -0.572. The Balaban J connectivity index is 1.21. The molecule has 44 heavy (non-hydrogen) atoms. The molecule has 2 aromatic heterocycles. The summed E-state index contributed by atoms with van der Waals surface area (Å²) in [5.41, 5.74) is 6.40. The van der Waals surface area contributed by atoms with Crippen LogP contribution in [0, 0.1) is 5.92 Å². The van der Waals surface area contributed by atoms with Gasteiger partial charge in [-0.25, -0.2) is 4.98 Å². The highest BCUT2D eigenvalue weighted by Crippen LogP contribution is 2.43. The molecule has 224 valence electrons. The van der Waals surface area contributed by atoms with Crippen molar-refractivity contribution in [1.82, 2.24) is 25.5 Å². The van der Waals surface area contributed by atoms with Crippen LogP contribution in [0.1, 0.15) is 51.9 Å². The van der Waals surface area contributed by atoms with Gasteiger partial charge < -0.3 is 19.9 Å². The van der Waals surface area contributed by atoms with Crippen LogP contribution in [0.25, 0.3) is 11.1 Å². The maximum Gasteiger partial charge on any atom is 0.253 e. The number of nitrogens with zero attached hydrogens (tertiary/aromatic N) is 3. The van der Waals surface area contributed by atoms with Crippen LogP contribution < -0.4 is 5.32 Å². The molecular weight excluding hydrogens is 574 g/mol. The van der Waals surface area contributed by atoms with Crippen LogP contribution in [0.5, 0.6) is 0 Å². The van der Waals surface area contributed by atoms with Crippen molar-refractivity contribution in [3.05, 3.63) is 131 Å². The van der Waals surface area contributed by atoms with Gasteiger partial charge in [-0.1, -0.05) is 91.5 Å². The van der Waals surface area contributed by atoms with Crippen molar-refractivity contribution in [2.75, 3.05) is 5.75 Å². The standard InChI is InChI=1S/C34H33N5O4S/c1-22-30(20-44-34-37-21-38-39-34)42-33(43-31(22)25-10-8-23(19-40)9-11-25)26-14-12-24(13-15-26)29-7-3-2-5-27(29)18-36-32(41)28-6-4-16-35-17-28/h2-17,21-22,30-31,33,40H,18-20H2,1H3,(H,36,41)(H,37,38,39)/t22-,30+,31+,33+/m1/s1. The van der Waals surface area contributed by atoms with Gasteiger partial charge in [0.25, 0.3) is 5.91 Å². The minimum absolute atomic E-state index is 0.00407. The Morgan fingerprint density at radius 1 is 0.977 bits per heavy atom. The number of rotatable bonds is 10. The number of amides is 1. The fourth-order valence-corrected chi connectivity index (χ4v) is 6.23. The Kier molecular flexibility index (Phi) is 9.43. The van der Waals surface area contributed by atoms with E-state index >= 15 is 0 Å². The summed E-state index contributed by atoms with van der Waals surface area (Å²) in [4.78, 5) is 20.9. The van der Waals surface area contributed by atoms with Crippen molar-refractivity contribution in [2.45, 2.75) is 43.7 Å². The number of ether oxygens (including phenoxy) is 2. The van der Waals surface area contributed by atoms with Crippen LogP contribution in [-0.4, -0.2) is 43.0 Å². The number of H-pyrrole nitrogens is 1. The molecule has 1 aliphatic rings. The van der Waals surface area contributed by atoms with E-state index in [0.29, 0.717) is 17.9 Å².